The lowest BCUT2D eigenvalue weighted by Crippen LogP contribution is -2.51. The van der Waals surface area contributed by atoms with E-state index in [9.17, 15) is 18.0 Å². The summed E-state index contributed by atoms with van der Waals surface area (Å²) in [5, 5.41) is 0. The average molecular weight is 308 g/mol. The Morgan fingerprint density at radius 1 is 1.23 bits per heavy atom. The molecule has 2 atom stereocenters. The van der Waals surface area contributed by atoms with Gasteiger partial charge in [0.25, 0.3) is 0 Å². The molecule has 1 aliphatic carbocycles. The molecule has 0 fully saturated rings. The Morgan fingerprint density at radius 3 is 2.50 bits per heavy atom. The number of halogens is 3. The van der Waals surface area contributed by atoms with Crippen LogP contribution in [-0.4, -0.2) is 24.7 Å². The maximum absolute atomic E-state index is 13.4. The summed E-state index contributed by atoms with van der Waals surface area (Å²) in [5.41, 5.74) is -2.03. The third kappa shape index (κ3) is 3.04. The minimum atomic E-state index is -4.59. The lowest BCUT2D eigenvalue weighted by atomic mass is 9.82. The van der Waals surface area contributed by atoms with Gasteiger partial charge in [0.1, 0.15) is 0 Å². The summed E-state index contributed by atoms with van der Waals surface area (Å²) < 4.78 is 44.9. The number of methoxy groups -OCH3 is 1. The first kappa shape index (κ1) is 16.2. The number of benzene rings is 1. The van der Waals surface area contributed by atoms with Crippen LogP contribution in [0.5, 0.6) is 0 Å². The molecule has 22 heavy (non-hydrogen) atoms. The number of ketones is 1. The van der Waals surface area contributed by atoms with Gasteiger partial charge in [-0.3, -0.25) is 4.79 Å². The van der Waals surface area contributed by atoms with Gasteiger partial charge in [0, 0.05) is 18.6 Å². The van der Waals surface area contributed by atoms with Crippen molar-refractivity contribution in [3.05, 3.63) is 72.4 Å². The van der Waals surface area contributed by atoms with Gasteiger partial charge in [0.05, 0.1) is 0 Å². The van der Waals surface area contributed by atoms with Crippen molar-refractivity contribution in [3.8, 4) is 0 Å². The Hall–Kier alpha value is -2.14. The second kappa shape index (κ2) is 6.32. The number of carbonyl (C=O) groups is 1. The topological polar surface area (TPSA) is 26.3 Å². The molecule has 0 N–H and O–H groups in total. The zero-order valence-electron chi connectivity index (χ0n) is 11.9. The van der Waals surface area contributed by atoms with Crippen molar-refractivity contribution in [3.63, 3.8) is 0 Å². The number of ether oxygens (including phenoxy) is 1. The Bertz CT molecular complexity index is 615. The molecule has 0 amide bonds. The molecule has 1 aromatic carbocycles. The summed E-state index contributed by atoms with van der Waals surface area (Å²) in [4.78, 5) is 12.0. The van der Waals surface area contributed by atoms with Gasteiger partial charge in [-0.25, -0.2) is 0 Å². The van der Waals surface area contributed by atoms with Crippen molar-refractivity contribution in [2.45, 2.75) is 11.8 Å². The molecule has 0 radical (unpaired) electrons. The third-order valence-corrected chi connectivity index (χ3v) is 3.56. The Morgan fingerprint density at radius 2 is 1.91 bits per heavy atom. The van der Waals surface area contributed by atoms with E-state index in [1.54, 1.807) is 30.3 Å². The molecular formula is C17H15F3O2. The van der Waals surface area contributed by atoms with E-state index < -0.39 is 17.7 Å². The number of allylic oxidation sites excluding steroid dienone is 3. The Balaban J connectivity index is 2.27. The standard InChI is InChI=1S/C17H15F3O2/c1-22-16(17(18,19)20)12-6-5-9-14(16)10-11-15(21)13-7-3-2-4-8-13/h2-12,14H,1H3. The van der Waals surface area contributed by atoms with Crippen molar-refractivity contribution < 1.29 is 22.7 Å². The monoisotopic (exact) mass is 308 g/mol. The van der Waals surface area contributed by atoms with Gasteiger partial charge in [0.2, 0.25) is 0 Å². The van der Waals surface area contributed by atoms with Crippen LogP contribution in [0.3, 0.4) is 0 Å². The quantitative estimate of drug-likeness (QED) is 0.618. The van der Waals surface area contributed by atoms with Gasteiger partial charge in [-0.15, -0.1) is 0 Å². The van der Waals surface area contributed by atoms with Gasteiger partial charge in [0.15, 0.2) is 11.4 Å². The fraction of sp³-hybridized carbons (Fsp3) is 0.235. The number of hydrogen-bond donors (Lipinski definition) is 0. The minimum absolute atomic E-state index is 0.351. The first-order chi connectivity index (χ1) is 10.4. The van der Waals surface area contributed by atoms with Crippen molar-refractivity contribution in [1.82, 2.24) is 0 Å². The summed E-state index contributed by atoms with van der Waals surface area (Å²) in [5.74, 6) is -1.45. The largest absolute Gasteiger partial charge is 0.421 e. The Labute approximate surface area is 126 Å². The molecule has 5 heteroatoms. The molecule has 116 valence electrons. The highest BCUT2D eigenvalue weighted by Crippen LogP contribution is 2.43. The molecule has 2 nitrogen and oxygen atoms in total. The van der Waals surface area contributed by atoms with E-state index in [2.05, 4.69) is 0 Å². The van der Waals surface area contributed by atoms with Crippen molar-refractivity contribution >= 4 is 5.78 Å². The molecule has 0 bridgehead atoms. The Kier molecular flexibility index (Phi) is 4.66. The molecule has 0 aromatic heterocycles. The number of alkyl halides is 3. The highest BCUT2D eigenvalue weighted by molar-refractivity contribution is 6.04. The van der Waals surface area contributed by atoms with Crippen LogP contribution < -0.4 is 0 Å². The predicted octanol–water partition coefficient (Wildman–Crippen LogP) is 4.12. The normalized spacial score (nSPS) is 24.8. The van der Waals surface area contributed by atoms with E-state index in [-0.39, 0.29) is 5.78 Å². The molecular weight excluding hydrogens is 293 g/mol. The van der Waals surface area contributed by atoms with Crippen LogP contribution in [0.2, 0.25) is 0 Å². The van der Waals surface area contributed by atoms with Crippen LogP contribution in [0.15, 0.2) is 66.8 Å². The lowest BCUT2D eigenvalue weighted by molar-refractivity contribution is -0.258. The zero-order valence-corrected chi connectivity index (χ0v) is 11.9. The van der Waals surface area contributed by atoms with Gasteiger partial charge in [-0.2, -0.15) is 13.2 Å². The summed E-state index contributed by atoms with van der Waals surface area (Å²) in [6, 6.07) is 8.36. The van der Waals surface area contributed by atoms with Crippen molar-refractivity contribution in [2.75, 3.05) is 7.11 Å². The second-order valence-electron chi connectivity index (χ2n) is 4.85. The molecule has 2 unspecified atom stereocenters. The fourth-order valence-corrected chi connectivity index (χ4v) is 2.34. The van der Waals surface area contributed by atoms with E-state index in [1.165, 1.54) is 24.3 Å². The van der Waals surface area contributed by atoms with Crippen LogP contribution in [0.1, 0.15) is 10.4 Å². The molecule has 0 spiro atoms. The fourth-order valence-electron chi connectivity index (χ4n) is 2.34. The number of rotatable bonds is 4. The summed E-state index contributed by atoms with van der Waals surface area (Å²) in [7, 11) is 1.01. The van der Waals surface area contributed by atoms with Crippen LogP contribution in [0, 0.1) is 5.92 Å². The first-order valence-corrected chi connectivity index (χ1v) is 6.66. The predicted molar refractivity (Wildman–Crippen MR) is 77.5 cm³/mol. The van der Waals surface area contributed by atoms with E-state index in [1.807, 2.05) is 0 Å². The van der Waals surface area contributed by atoms with Crippen LogP contribution in [0.4, 0.5) is 13.2 Å². The van der Waals surface area contributed by atoms with Crippen LogP contribution >= 0.6 is 0 Å². The molecule has 1 aliphatic rings. The number of carbonyl (C=O) groups excluding carboxylic acids is 1. The van der Waals surface area contributed by atoms with Crippen molar-refractivity contribution in [2.24, 2.45) is 5.92 Å². The van der Waals surface area contributed by atoms with E-state index in [0.29, 0.717) is 5.56 Å². The number of hydrogen-bond acceptors (Lipinski definition) is 2. The molecule has 0 saturated heterocycles. The first-order valence-electron chi connectivity index (χ1n) is 6.66. The molecule has 0 aliphatic heterocycles. The highest BCUT2D eigenvalue weighted by Gasteiger charge is 2.57. The van der Waals surface area contributed by atoms with Gasteiger partial charge in [-0.05, 0) is 12.2 Å². The van der Waals surface area contributed by atoms with Gasteiger partial charge >= 0.3 is 6.18 Å². The maximum Gasteiger partial charge on any atom is 0.421 e. The van der Waals surface area contributed by atoms with E-state index in [4.69, 9.17) is 4.74 Å². The molecule has 1 aromatic rings. The van der Waals surface area contributed by atoms with E-state index in [0.717, 1.165) is 19.3 Å². The van der Waals surface area contributed by atoms with Gasteiger partial charge < -0.3 is 4.74 Å². The van der Waals surface area contributed by atoms with Crippen molar-refractivity contribution in [1.29, 1.82) is 0 Å². The molecule has 2 rings (SSSR count). The second-order valence-corrected chi connectivity index (χ2v) is 4.85. The lowest BCUT2D eigenvalue weighted by Gasteiger charge is -2.37. The highest BCUT2D eigenvalue weighted by atomic mass is 19.4. The molecule has 0 saturated carbocycles. The summed E-state index contributed by atoms with van der Waals surface area (Å²) >= 11 is 0. The van der Waals surface area contributed by atoms with Gasteiger partial charge in [-0.1, -0.05) is 54.6 Å². The molecule has 0 heterocycles. The third-order valence-electron chi connectivity index (χ3n) is 3.56. The van der Waals surface area contributed by atoms with Crippen LogP contribution in [0.25, 0.3) is 0 Å². The zero-order chi connectivity index (χ0) is 16.2. The van der Waals surface area contributed by atoms with Crippen LogP contribution in [-0.2, 0) is 4.74 Å². The minimum Gasteiger partial charge on any atom is -0.364 e. The maximum atomic E-state index is 13.4. The summed E-state index contributed by atoms with van der Waals surface area (Å²) in [6.07, 6.45) is 2.93. The summed E-state index contributed by atoms with van der Waals surface area (Å²) in [6.45, 7) is 0. The SMILES string of the molecule is COC1(C(F)(F)F)C=CC=CC1C=CC(=O)c1ccccc1. The smallest absolute Gasteiger partial charge is 0.364 e. The van der Waals surface area contributed by atoms with E-state index >= 15 is 0 Å². The average Bonchev–Trinajstić information content (AvgIpc) is 2.52.